The molecule has 2 amide bonds. The zero-order chi connectivity index (χ0) is 24.0. The minimum atomic E-state index is -0.386. The van der Waals surface area contributed by atoms with Gasteiger partial charge in [0.2, 0.25) is 5.91 Å². The van der Waals surface area contributed by atoms with Crippen molar-refractivity contribution in [2.75, 3.05) is 17.6 Å². The number of carbonyl (C=O) groups excluding carboxylic acids is 2. The number of aromatic nitrogens is 3. The number of hydrogen-bond donors (Lipinski definition) is 2. The largest absolute Gasteiger partial charge is 0.352 e. The number of benzene rings is 2. The Hall–Kier alpha value is -2.47. The van der Waals surface area contributed by atoms with E-state index in [1.165, 1.54) is 36.0 Å². The normalized spacial score (nSPS) is 11.0. The number of carbonyl (C=O) groups is 2. The highest BCUT2D eigenvalue weighted by atomic mass is 127. The molecule has 1 aromatic heterocycles. The summed E-state index contributed by atoms with van der Waals surface area (Å²) < 4.78 is 15.9. The van der Waals surface area contributed by atoms with Gasteiger partial charge in [0.25, 0.3) is 5.91 Å². The molecule has 0 atom stereocenters. The smallest absolute Gasteiger partial charge is 0.251 e. The van der Waals surface area contributed by atoms with E-state index in [0.717, 1.165) is 14.8 Å². The molecule has 0 aliphatic carbocycles. The van der Waals surface area contributed by atoms with Crippen molar-refractivity contribution < 1.29 is 14.0 Å². The lowest BCUT2D eigenvalue weighted by molar-refractivity contribution is -0.113. The van der Waals surface area contributed by atoms with Gasteiger partial charge in [-0.1, -0.05) is 25.6 Å². The molecule has 0 aliphatic rings. The van der Waals surface area contributed by atoms with Crippen molar-refractivity contribution in [1.29, 1.82) is 0 Å². The lowest BCUT2D eigenvalue weighted by atomic mass is 10.0. The summed E-state index contributed by atoms with van der Waals surface area (Å²) >= 11 is 3.57. The summed E-state index contributed by atoms with van der Waals surface area (Å²) in [6.07, 6.45) is 0.476. The van der Waals surface area contributed by atoms with Crippen LogP contribution in [-0.2, 0) is 18.3 Å². The number of anilines is 1. The number of hydrogen-bond acceptors (Lipinski definition) is 5. The minimum absolute atomic E-state index is 0.112. The third-order valence-corrected chi connectivity index (χ3v) is 6.60. The molecule has 0 bridgehead atoms. The topological polar surface area (TPSA) is 88.9 Å². The van der Waals surface area contributed by atoms with Crippen molar-refractivity contribution in [2.24, 2.45) is 7.05 Å². The Morgan fingerprint density at radius 3 is 2.58 bits per heavy atom. The van der Waals surface area contributed by atoms with Gasteiger partial charge in [0.15, 0.2) is 5.16 Å². The summed E-state index contributed by atoms with van der Waals surface area (Å²) in [6.45, 7) is 4.55. The van der Waals surface area contributed by atoms with E-state index < -0.39 is 0 Å². The maximum Gasteiger partial charge on any atom is 0.251 e. The molecular weight excluding hydrogens is 556 g/mol. The second-order valence-corrected chi connectivity index (χ2v) is 9.88. The van der Waals surface area contributed by atoms with Crippen molar-refractivity contribution in [3.05, 3.63) is 68.8 Å². The van der Waals surface area contributed by atoms with E-state index in [9.17, 15) is 14.0 Å². The van der Waals surface area contributed by atoms with Gasteiger partial charge in [0, 0.05) is 34.8 Å². The van der Waals surface area contributed by atoms with Gasteiger partial charge in [-0.3, -0.25) is 9.59 Å². The first kappa shape index (κ1) is 25.2. The summed E-state index contributed by atoms with van der Waals surface area (Å²) in [5.74, 6) is 0.420. The number of halogens is 2. The van der Waals surface area contributed by atoms with Crippen LogP contribution in [-0.4, -0.2) is 38.9 Å². The van der Waals surface area contributed by atoms with Gasteiger partial charge in [-0.2, -0.15) is 0 Å². The molecular formula is C23H25FIN5O2S. The van der Waals surface area contributed by atoms with Crippen molar-refractivity contribution in [2.45, 2.75) is 31.3 Å². The van der Waals surface area contributed by atoms with Gasteiger partial charge in [-0.05, 0) is 76.5 Å². The van der Waals surface area contributed by atoms with Crippen LogP contribution in [0.1, 0.15) is 41.5 Å². The second-order valence-electron chi connectivity index (χ2n) is 7.69. The summed E-state index contributed by atoms with van der Waals surface area (Å²) in [5, 5.41) is 14.7. The van der Waals surface area contributed by atoms with E-state index in [2.05, 4.69) is 63.3 Å². The molecule has 0 unspecified atom stereocenters. The molecule has 3 aromatic rings. The fourth-order valence-electron chi connectivity index (χ4n) is 3.12. The zero-order valence-electron chi connectivity index (χ0n) is 18.6. The average molecular weight is 581 g/mol. The first-order valence-electron chi connectivity index (χ1n) is 10.4. The highest BCUT2D eigenvalue weighted by Gasteiger charge is 2.14. The quantitative estimate of drug-likeness (QED) is 0.289. The zero-order valence-corrected chi connectivity index (χ0v) is 21.5. The van der Waals surface area contributed by atoms with Crippen molar-refractivity contribution >= 4 is 51.9 Å². The van der Waals surface area contributed by atoms with Gasteiger partial charge < -0.3 is 15.2 Å². The van der Waals surface area contributed by atoms with Crippen molar-refractivity contribution in [1.82, 2.24) is 20.1 Å². The average Bonchev–Trinajstić information content (AvgIpc) is 3.13. The third-order valence-electron chi connectivity index (χ3n) is 4.91. The van der Waals surface area contributed by atoms with Crippen LogP contribution >= 0.6 is 34.4 Å². The fraction of sp³-hybridized carbons (Fsp3) is 0.304. The van der Waals surface area contributed by atoms with Gasteiger partial charge in [-0.15, -0.1) is 10.2 Å². The lowest BCUT2D eigenvalue weighted by Crippen LogP contribution is -2.26. The fourth-order valence-corrected chi connectivity index (χ4v) is 4.37. The van der Waals surface area contributed by atoms with Gasteiger partial charge >= 0.3 is 0 Å². The Balaban J connectivity index is 1.50. The Bertz CT molecular complexity index is 1130. The molecule has 0 saturated carbocycles. The highest BCUT2D eigenvalue weighted by molar-refractivity contribution is 14.1. The molecule has 0 aliphatic heterocycles. The summed E-state index contributed by atoms with van der Waals surface area (Å²) in [6, 6.07) is 11.4. The predicted molar refractivity (Wildman–Crippen MR) is 136 cm³/mol. The molecule has 0 spiro atoms. The number of rotatable bonds is 9. The molecule has 2 N–H and O–H groups in total. The van der Waals surface area contributed by atoms with E-state index in [-0.39, 0.29) is 23.4 Å². The van der Waals surface area contributed by atoms with E-state index in [1.54, 1.807) is 0 Å². The number of nitrogens with zero attached hydrogens (tertiary/aromatic N) is 3. The van der Waals surface area contributed by atoms with Gasteiger partial charge in [0.05, 0.1) is 5.75 Å². The predicted octanol–water partition coefficient (Wildman–Crippen LogP) is 4.39. The standard InChI is InChI=1S/C23H25FIN5O2S/c1-14(2)18-12-17(25)8-9-19(18)27-21(31)13-33-23-29-28-20(30(23)3)10-11-26-22(32)15-4-6-16(24)7-5-15/h4-9,12,14H,10-11,13H2,1-3H3,(H,26,32)(H,27,31). The molecule has 174 valence electrons. The van der Waals surface area contributed by atoms with Crippen molar-refractivity contribution in [3.63, 3.8) is 0 Å². The molecule has 3 rings (SSSR count). The van der Waals surface area contributed by atoms with Gasteiger partial charge in [-0.25, -0.2) is 4.39 Å². The lowest BCUT2D eigenvalue weighted by Gasteiger charge is -2.14. The van der Waals surface area contributed by atoms with Gasteiger partial charge in [0.1, 0.15) is 11.6 Å². The third kappa shape index (κ3) is 7.00. The molecule has 0 radical (unpaired) electrons. The number of amides is 2. The highest BCUT2D eigenvalue weighted by Crippen LogP contribution is 2.26. The molecule has 10 heteroatoms. The maximum absolute atomic E-state index is 13.0. The minimum Gasteiger partial charge on any atom is -0.352 e. The Kier molecular flexibility index (Phi) is 8.84. The monoisotopic (exact) mass is 581 g/mol. The van der Waals surface area contributed by atoms with Crippen molar-refractivity contribution in [3.8, 4) is 0 Å². The van der Waals surface area contributed by atoms with Crippen LogP contribution in [0.3, 0.4) is 0 Å². The first-order valence-corrected chi connectivity index (χ1v) is 12.4. The maximum atomic E-state index is 13.0. The SMILES string of the molecule is CC(C)c1cc(I)ccc1NC(=O)CSc1nnc(CCNC(=O)c2ccc(F)cc2)n1C. The second kappa shape index (κ2) is 11.6. The summed E-state index contributed by atoms with van der Waals surface area (Å²) in [5.41, 5.74) is 2.32. The van der Waals surface area contributed by atoms with Crippen LogP contribution in [0.4, 0.5) is 10.1 Å². The summed E-state index contributed by atoms with van der Waals surface area (Å²) in [7, 11) is 1.83. The molecule has 0 saturated heterocycles. The molecule has 2 aromatic carbocycles. The molecule has 33 heavy (non-hydrogen) atoms. The van der Waals surface area contributed by atoms with E-state index in [0.29, 0.717) is 35.4 Å². The van der Waals surface area contributed by atoms with Crippen LogP contribution in [0.2, 0.25) is 0 Å². The number of nitrogens with one attached hydrogen (secondary N) is 2. The van der Waals surface area contributed by atoms with E-state index in [4.69, 9.17) is 0 Å². The summed E-state index contributed by atoms with van der Waals surface area (Å²) in [4.78, 5) is 24.6. The van der Waals surface area contributed by atoms with Crippen LogP contribution in [0.15, 0.2) is 47.6 Å². The van der Waals surface area contributed by atoms with E-state index in [1.807, 2.05) is 23.7 Å². The number of thioether (sulfide) groups is 1. The van der Waals surface area contributed by atoms with Crippen LogP contribution < -0.4 is 10.6 Å². The Labute approximate surface area is 210 Å². The molecule has 1 heterocycles. The Morgan fingerprint density at radius 2 is 1.88 bits per heavy atom. The molecule has 0 fully saturated rings. The Morgan fingerprint density at radius 1 is 1.15 bits per heavy atom. The van der Waals surface area contributed by atoms with Crippen LogP contribution in [0, 0.1) is 9.39 Å². The van der Waals surface area contributed by atoms with Crippen LogP contribution in [0.25, 0.3) is 0 Å². The van der Waals surface area contributed by atoms with E-state index >= 15 is 0 Å². The molecule has 7 nitrogen and oxygen atoms in total. The first-order chi connectivity index (χ1) is 15.7. The van der Waals surface area contributed by atoms with Crippen LogP contribution in [0.5, 0.6) is 0 Å².